The van der Waals surface area contributed by atoms with Crippen molar-refractivity contribution in [3.05, 3.63) is 28.8 Å². The number of hydrogen-bond donors (Lipinski definition) is 2. The van der Waals surface area contributed by atoms with Crippen LogP contribution in [0.15, 0.2) is 18.2 Å². The summed E-state index contributed by atoms with van der Waals surface area (Å²) in [5.41, 5.74) is 0.649. The van der Waals surface area contributed by atoms with Crippen LogP contribution >= 0.6 is 11.6 Å². The van der Waals surface area contributed by atoms with Crippen molar-refractivity contribution in [2.75, 3.05) is 7.11 Å². The molecule has 0 aromatic heterocycles. The number of ether oxygens (including phenoxy) is 1. The molecule has 1 atom stereocenters. The second-order valence-electron chi connectivity index (χ2n) is 3.03. The molecule has 0 saturated heterocycles. The number of rotatable bonds is 4. The van der Waals surface area contributed by atoms with Gasteiger partial charge in [-0.05, 0) is 17.7 Å². The molecule has 15 heavy (non-hydrogen) atoms. The summed E-state index contributed by atoms with van der Waals surface area (Å²) >= 11 is 5.84. The maximum Gasteiger partial charge on any atom is 0.332 e. The van der Waals surface area contributed by atoms with Crippen LogP contribution in [0.2, 0.25) is 5.02 Å². The molecule has 0 radical (unpaired) electrons. The maximum atomic E-state index is 10.4. The Bertz CT molecular complexity index is 364. The monoisotopic (exact) mass is 230 g/mol. The van der Waals surface area contributed by atoms with Gasteiger partial charge in [0.15, 0.2) is 6.10 Å². The number of benzene rings is 1. The molecular weight excluding hydrogens is 220 g/mol. The summed E-state index contributed by atoms with van der Waals surface area (Å²) in [6.07, 6.45) is -1.38. The molecule has 5 heteroatoms. The van der Waals surface area contributed by atoms with E-state index in [4.69, 9.17) is 26.6 Å². The largest absolute Gasteiger partial charge is 0.495 e. The van der Waals surface area contributed by atoms with Crippen molar-refractivity contribution < 1.29 is 19.7 Å². The van der Waals surface area contributed by atoms with E-state index in [0.29, 0.717) is 16.3 Å². The molecule has 1 rings (SSSR count). The standard InChI is InChI=1S/C10H11ClO4/c1-15-9-3-2-6(4-7(9)11)5-8(12)10(13)14/h2-4,8,12H,5H2,1H3,(H,13,14). The molecule has 1 aromatic carbocycles. The summed E-state index contributed by atoms with van der Waals surface area (Å²) < 4.78 is 4.94. The minimum Gasteiger partial charge on any atom is -0.495 e. The number of carboxylic acids is 1. The van der Waals surface area contributed by atoms with E-state index in [-0.39, 0.29) is 6.42 Å². The Labute approximate surface area is 92.1 Å². The highest BCUT2D eigenvalue weighted by Crippen LogP contribution is 2.25. The van der Waals surface area contributed by atoms with Crippen LogP contribution in [0.25, 0.3) is 0 Å². The van der Waals surface area contributed by atoms with Crippen molar-refractivity contribution >= 4 is 17.6 Å². The molecule has 0 aliphatic heterocycles. The summed E-state index contributed by atoms with van der Waals surface area (Å²) in [5, 5.41) is 18.0. The first-order valence-corrected chi connectivity index (χ1v) is 4.65. The lowest BCUT2D eigenvalue weighted by molar-refractivity contribution is -0.146. The highest BCUT2D eigenvalue weighted by molar-refractivity contribution is 6.32. The molecule has 0 heterocycles. The Kier molecular flexibility index (Phi) is 3.94. The molecule has 4 nitrogen and oxygen atoms in total. The Morgan fingerprint density at radius 2 is 2.27 bits per heavy atom. The van der Waals surface area contributed by atoms with Crippen LogP contribution in [0, 0.1) is 0 Å². The molecule has 0 fully saturated rings. The summed E-state index contributed by atoms with van der Waals surface area (Å²) in [7, 11) is 1.49. The topological polar surface area (TPSA) is 66.8 Å². The zero-order valence-corrected chi connectivity index (χ0v) is 8.86. The quantitative estimate of drug-likeness (QED) is 0.819. The molecule has 1 unspecified atom stereocenters. The molecule has 1 aromatic rings. The average Bonchev–Trinajstić information content (AvgIpc) is 2.18. The van der Waals surface area contributed by atoms with Crippen LogP contribution in [0.3, 0.4) is 0 Å². The van der Waals surface area contributed by atoms with Gasteiger partial charge in [0, 0.05) is 6.42 Å². The van der Waals surface area contributed by atoms with E-state index in [9.17, 15) is 4.79 Å². The van der Waals surface area contributed by atoms with Gasteiger partial charge in [0.2, 0.25) is 0 Å². The van der Waals surface area contributed by atoms with Crippen LogP contribution in [0.5, 0.6) is 5.75 Å². The number of hydrogen-bond acceptors (Lipinski definition) is 3. The van der Waals surface area contributed by atoms with Crippen LogP contribution in [0.1, 0.15) is 5.56 Å². The molecule has 0 bridgehead atoms. The first kappa shape index (κ1) is 11.8. The molecule has 0 aliphatic carbocycles. The zero-order valence-electron chi connectivity index (χ0n) is 8.11. The van der Waals surface area contributed by atoms with Gasteiger partial charge in [-0.15, -0.1) is 0 Å². The Morgan fingerprint density at radius 3 is 2.73 bits per heavy atom. The predicted molar refractivity (Wildman–Crippen MR) is 55.4 cm³/mol. The van der Waals surface area contributed by atoms with Crippen LogP contribution in [-0.4, -0.2) is 29.4 Å². The first-order valence-electron chi connectivity index (χ1n) is 4.28. The molecule has 0 saturated carbocycles. The number of carbonyl (C=O) groups is 1. The summed E-state index contributed by atoms with van der Waals surface area (Å²) in [4.78, 5) is 10.4. The molecule has 82 valence electrons. The minimum absolute atomic E-state index is 0.0268. The van der Waals surface area contributed by atoms with Gasteiger partial charge in [-0.1, -0.05) is 17.7 Å². The molecule has 0 amide bonds. The SMILES string of the molecule is COc1ccc(CC(O)C(=O)O)cc1Cl. The third-order valence-electron chi connectivity index (χ3n) is 1.93. The second kappa shape index (κ2) is 5.00. The third-order valence-corrected chi connectivity index (χ3v) is 2.23. The van der Waals surface area contributed by atoms with E-state index in [1.165, 1.54) is 7.11 Å². The number of aliphatic hydroxyl groups excluding tert-OH is 1. The van der Waals surface area contributed by atoms with Crippen molar-refractivity contribution in [1.29, 1.82) is 0 Å². The fourth-order valence-electron chi connectivity index (χ4n) is 1.15. The van der Waals surface area contributed by atoms with Crippen LogP contribution in [0.4, 0.5) is 0 Å². The van der Waals surface area contributed by atoms with Crippen molar-refractivity contribution in [2.45, 2.75) is 12.5 Å². The number of aliphatic hydroxyl groups is 1. The van der Waals surface area contributed by atoms with Gasteiger partial charge in [0.25, 0.3) is 0 Å². The molecule has 2 N–H and O–H groups in total. The molecule has 0 spiro atoms. The van der Waals surface area contributed by atoms with Gasteiger partial charge < -0.3 is 14.9 Å². The molecular formula is C10H11ClO4. The lowest BCUT2D eigenvalue weighted by Gasteiger charge is -2.08. The number of halogens is 1. The lowest BCUT2D eigenvalue weighted by atomic mass is 10.1. The Hall–Kier alpha value is -1.26. The van der Waals surface area contributed by atoms with Crippen molar-refractivity contribution in [1.82, 2.24) is 0 Å². The number of carboxylic acid groups (broad SMARTS) is 1. The van der Waals surface area contributed by atoms with Crippen molar-refractivity contribution in [3.63, 3.8) is 0 Å². The van der Waals surface area contributed by atoms with Crippen LogP contribution in [-0.2, 0) is 11.2 Å². The van der Waals surface area contributed by atoms with E-state index in [1.54, 1.807) is 18.2 Å². The maximum absolute atomic E-state index is 10.4. The van der Waals surface area contributed by atoms with E-state index >= 15 is 0 Å². The van der Waals surface area contributed by atoms with Crippen molar-refractivity contribution in [3.8, 4) is 5.75 Å². The van der Waals surface area contributed by atoms with Gasteiger partial charge in [0.1, 0.15) is 5.75 Å². The van der Waals surface area contributed by atoms with E-state index in [0.717, 1.165) is 0 Å². The van der Waals surface area contributed by atoms with E-state index in [2.05, 4.69) is 0 Å². The van der Waals surface area contributed by atoms with Gasteiger partial charge in [-0.2, -0.15) is 0 Å². The van der Waals surface area contributed by atoms with E-state index < -0.39 is 12.1 Å². The summed E-state index contributed by atoms with van der Waals surface area (Å²) in [6.45, 7) is 0. The third kappa shape index (κ3) is 3.11. The highest BCUT2D eigenvalue weighted by Gasteiger charge is 2.14. The number of aliphatic carboxylic acids is 1. The zero-order chi connectivity index (χ0) is 11.4. The van der Waals surface area contributed by atoms with Gasteiger partial charge in [0.05, 0.1) is 12.1 Å². The molecule has 0 aliphatic rings. The average molecular weight is 231 g/mol. The fraction of sp³-hybridized carbons (Fsp3) is 0.300. The summed E-state index contributed by atoms with van der Waals surface area (Å²) in [5.74, 6) is -0.729. The second-order valence-corrected chi connectivity index (χ2v) is 3.43. The van der Waals surface area contributed by atoms with Gasteiger partial charge >= 0.3 is 5.97 Å². The summed E-state index contributed by atoms with van der Waals surface area (Å²) in [6, 6.07) is 4.87. The Morgan fingerprint density at radius 1 is 1.60 bits per heavy atom. The smallest absolute Gasteiger partial charge is 0.332 e. The lowest BCUT2D eigenvalue weighted by Crippen LogP contribution is -2.21. The van der Waals surface area contributed by atoms with Gasteiger partial charge in [-0.25, -0.2) is 4.79 Å². The minimum atomic E-state index is -1.41. The highest BCUT2D eigenvalue weighted by atomic mass is 35.5. The van der Waals surface area contributed by atoms with Crippen LogP contribution < -0.4 is 4.74 Å². The normalized spacial score (nSPS) is 12.2. The predicted octanol–water partition coefficient (Wildman–Crippen LogP) is 1.34. The van der Waals surface area contributed by atoms with Gasteiger partial charge in [-0.3, -0.25) is 0 Å². The van der Waals surface area contributed by atoms with Crippen molar-refractivity contribution in [2.24, 2.45) is 0 Å². The fourth-order valence-corrected chi connectivity index (χ4v) is 1.43. The number of methoxy groups -OCH3 is 1. The first-order chi connectivity index (χ1) is 7.04. The Balaban J connectivity index is 2.79. The van der Waals surface area contributed by atoms with E-state index in [1.807, 2.05) is 0 Å².